The van der Waals surface area contributed by atoms with Crippen molar-refractivity contribution in [3.8, 4) is 6.07 Å². The van der Waals surface area contributed by atoms with Gasteiger partial charge in [0.1, 0.15) is 11.8 Å². The van der Waals surface area contributed by atoms with E-state index in [0.717, 1.165) is 28.2 Å². The molecule has 3 amide bonds. The number of rotatable bonds is 7. The van der Waals surface area contributed by atoms with Gasteiger partial charge in [0.15, 0.2) is 9.84 Å². The average molecular weight is 597 g/mol. The molecule has 0 spiro atoms. The number of halogens is 1. The maximum Gasteiger partial charge on any atom is 0.251 e. The standard InChI is InChI=1S/C30H32N4O5S.ClH/c1-5-19(2)29(36)32-25-17-33(28(35)18-40(4,38)39)26-13-11-21(15-31)14-27(26)34(30(25)37)16-24-20(3)10-12-22-8-6-7-9-23(22)24;/h6-14,19,25H,5,16-18H2,1-4H3,(H,32,36);1H/t19-,25+;/m1./s1. The van der Waals surface area contributed by atoms with Crippen LogP contribution in [0.5, 0.6) is 0 Å². The smallest absolute Gasteiger partial charge is 0.251 e. The van der Waals surface area contributed by atoms with E-state index in [4.69, 9.17) is 0 Å². The summed E-state index contributed by atoms with van der Waals surface area (Å²) in [5.74, 6) is -2.68. The molecule has 0 saturated heterocycles. The van der Waals surface area contributed by atoms with Gasteiger partial charge < -0.3 is 15.1 Å². The summed E-state index contributed by atoms with van der Waals surface area (Å²) >= 11 is 0. The second-order valence-electron chi connectivity index (χ2n) is 10.3. The van der Waals surface area contributed by atoms with Gasteiger partial charge in [0.05, 0.1) is 36.1 Å². The second-order valence-corrected chi connectivity index (χ2v) is 12.4. The van der Waals surface area contributed by atoms with Gasteiger partial charge in [-0.05, 0) is 53.4 Å². The predicted molar refractivity (Wildman–Crippen MR) is 162 cm³/mol. The number of hydrogen-bond donors (Lipinski definition) is 1. The minimum absolute atomic E-state index is 0. The number of aryl methyl sites for hydroxylation is 1. The van der Waals surface area contributed by atoms with Crippen LogP contribution >= 0.6 is 12.4 Å². The number of hydrogen-bond acceptors (Lipinski definition) is 6. The van der Waals surface area contributed by atoms with Crippen molar-refractivity contribution in [1.82, 2.24) is 5.32 Å². The van der Waals surface area contributed by atoms with Crippen LogP contribution in [-0.4, -0.2) is 50.7 Å². The van der Waals surface area contributed by atoms with Gasteiger partial charge in [-0.1, -0.05) is 50.2 Å². The largest absolute Gasteiger partial charge is 0.342 e. The molecule has 4 rings (SSSR count). The van der Waals surface area contributed by atoms with Crippen molar-refractivity contribution in [2.24, 2.45) is 5.92 Å². The van der Waals surface area contributed by atoms with Crippen molar-refractivity contribution in [2.45, 2.75) is 39.8 Å². The zero-order valence-corrected chi connectivity index (χ0v) is 25.0. The Balaban J connectivity index is 0.00000462. The van der Waals surface area contributed by atoms with Gasteiger partial charge in [-0.3, -0.25) is 14.4 Å². The van der Waals surface area contributed by atoms with E-state index in [0.29, 0.717) is 17.8 Å². The van der Waals surface area contributed by atoms with Crippen LogP contribution in [0.1, 0.15) is 37.0 Å². The van der Waals surface area contributed by atoms with Crippen molar-refractivity contribution in [3.05, 3.63) is 71.3 Å². The molecule has 0 fully saturated rings. The highest BCUT2D eigenvalue weighted by molar-refractivity contribution is 7.91. The van der Waals surface area contributed by atoms with E-state index < -0.39 is 33.4 Å². The summed E-state index contributed by atoms with van der Waals surface area (Å²) in [6.45, 7) is 5.40. The molecule has 2 atom stereocenters. The third-order valence-electron chi connectivity index (χ3n) is 7.27. The highest BCUT2D eigenvalue weighted by Crippen LogP contribution is 2.36. The zero-order valence-electron chi connectivity index (χ0n) is 23.4. The Kier molecular flexibility index (Phi) is 9.79. The number of amides is 3. The molecule has 0 aliphatic carbocycles. The Morgan fingerprint density at radius 2 is 1.83 bits per heavy atom. The SMILES string of the molecule is CC[C@@H](C)C(=O)N[C@H]1CN(C(=O)CS(C)(=O)=O)c2ccc(C#N)cc2N(Cc2c(C)ccc3ccccc23)C1=O.Cl. The fourth-order valence-corrected chi connectivity index (χ4v) is 5.43. The molecule has 3 aromatic rings. The lowest BCUT2D eigenvalue weighted by atomic mass is 9.98. The molecule has 216 valence electrons. The van der Waals surface area contributed by atoms with Crippen molar-refractivity contribution in [3.63, 3.8) is 0 Å². The third-order valence-corrected chi connectivity index (χ3v) is 8.04. The Morgan fingerprint density at radius 1 is 1.12 bits per heavy atom. The Morgan fingerprint density at radius 3 is 2.49 bits per heavy atom. The maximum absolute atomic E-state index is 14.2. The molecule has 11 heteroatoms. The minimum Gasteiger partial charge on any atom is -0.342 e. The molecule has 0 bridgehead atoms. The molecule has 3 aromatic carbocycles. The lowest BCUT2D eigenvalue weighted by Gasteiger charge is -2.27. The van der Waals surface area contributed by atoms with Gasteiger partial charge in [0.2, 0.25) is 11.8 Å². The van der Waals surface area contributed by atoms with E-state index in [1.54, 1.807) is 13.0 Å². The molecule has 1 aliphatic heterocycles. The highest BCUT2D eigenvalue weighted by atomic mass is 35.5. The fourth-order valence-electron chi connectivity index (χ4n) is 4.82. The summed E-state index contributed by atoms with van der Waals surface area (Å²) in [5, 5.41) is 14.4. The summed E-state index contributed by atoms with van der Waals surface area (Å²) in [6.07, 6.45) is 1.51. The first-order chi connectivity index (χ1) is 18.9. The van der Waals surface area contributed by atoms with Gasteiger partial charge in [-0.25, -0.2) is 8.42 Å². The van der Waals surface area contributed by atoms with E-state index in [1.807, 2.05) is 50.2 Å². The van der Waals surface area contributed by atoms with Gasteiger partial charge in [0, 0.05) is 12.2 Å². The number of nitrogens with one attached hydrogen (secondary N) is 1. The quantitative estimate of drug-likeness (QED) is 0.441. The molecule has 41 heavy (non-hydrogen) atoms. The number of anilines is 2. The predicted octanol–water partition coefficient (Wildman–Crippen LogP) is 3.90. The van der Waals surface area contributed by atoms with Crippen LogP contribution in [0, 0.1) is 24.2 Å². The summed E-state index contributed by atoms with van der Waals surface area (Å²) < 4.78 is 24.1. The molecule has 1 N–H and O–H groups in total. The van der Waals surface area contributed by atoms with Crippen molar-refractivity contribution in [1.29, 1.82) is 5.26 Å². The minimum atomic E-state index is -3.69. The van der Waals surface area contributed by atoms with Crippen LogP contribution < -0.4 is 15.1 Å². The number of sulfone groups is 1. The first-order valence-corrected chi connectivity index (χ1v) is 15.1. The van der Waals surface area contributed by atoms with Crippen LogP contribution in [0.25, 0.3) is 10.8 Å². The van der Waals surface area contributed by atoms with Crippen LogP contribution in [0.4, 0.5) is 11.4 Å². The van der Waals surface area contributed by atoms with Gasteiger partial charge in [-0.15, -0.1) is 12.4 Å². The topological polar surface area (TPSA) is 128 Å². The molecule has 1 aliphatic rings. The summed E-state index contributed by atoms with van der Waals surface area (Å²) in [6, 6.07) is 17.3. The maximum atomic E-state index is 14.2. The van der Waals surface area contributed by atoms with Crippen molar-refractivity contribution >= 4 is 62.1 Å². The van der Waals surface area contributed by atoms with Crippen LogP contribution in [0.15, 0.2) is 54.6 Å². The van der Waals surface area contributed by atoms with E-state index in [1.165, 1.54) is 21.9 Å². The molecule has 0 aromatic heterocycles. The van der Waals surface area contributed by atoms with Gasteiger partial charge >= 0.3 is 0 Å². The normalized spacial score (nSPS) is 15.8. The fraction of sp³-hybridized carbons (Fsp3) is 0.333. The van der Waals surface area contributed by atoms with Gasteiger partial charge in [0.25, 0.3) is 5.91 Å². The van der Waals surface area contributed by atoms with Gasteiger partial charge in [-0.2, -0.15) is 5.26 Å². The highest BCUT2D eigenvalue weighted by Gasteiger charge is 2.38. The van der Waals surface area contributed by atoms with Crippen molar-refractivity contribution < 1.29 is 22.8 Å². The van der Waals surface area contributed by atoms with Crippen LogP contribution in [0.2, 0.25) is 0 Å². The van der Waals surface area contributed by atoms with Crippen LogP contribution in [-0.2, 0) is 30.8 Å². The summed E-state index contributed by atoms with van der Waals surface area (Å²) in [7, 11) is -3.69. The van der Waals surface area contributed by atoms with E-state index in [2.05, 4.69) is 11.4 Å². The van der Waals surface area contributed by atoms with Crippen LogP contribution in [0.3, 0.4) is 0 Å². The molecular formula is C30H33ClN4O5S. The Bertz CT molecular complexity index is 1650. The van der Waals surface area contributed by atoms with E-state index in [-0.39, 0.29) is 42.9 Å². The molecule has 0 radical (unpaired) electrons. The number of fused-ring (bicyclic) bond motifs is 2. The number of nitriles is 1. The summed E-state index contributed by atoms with van der Waals surface area (Å²) in [5.41, 5.74) is 2.67. The average Bonchev–Trinajstić information content (AvgIpc) is 3.03. The molecular weight excluding hydrogens is 564 g/mol. The second kappa shape index (κ2) is 12.7. The molecule has 1 heterocycles. The number of carbonyl (C=O) groups excluding carboxylic acids is 3. The number of benzene rings is 3. The van der Waals surface area contributed by atoms with E-state index in [9.17, 15) is 28.1 Å². The van der Waals surface area contributed by atoms with E-state index >= 15 is 0 Å². The first-order valence-electron chi connectivity index (χ1n) is 13.0. The Labute approximate surface area is 246 Å². The lowest BCUT2D eigenvalue weighted by molar-refractivity contribution is -0.129. The third kappa shape index (κ3) is 6.87. The number of nitrogens with zero attached hydrogens (tertiary/aromatic N) is 3. The zero-order chi connectivity index (χ0) is 29.2. The molecule has 0 unspecified atom stereocenters. The lowest BCUT2D eigenvalue weighted by Crippen LogP contribution is -2.54. The molecule has 0 saturated carbocycles. The Hall–Kier alpha value is -3.94. The molecule has 9 nitrogen and oxygen atoms in total. The summed E-state index contributed by atoms with van der Waals surface area (Å²) in [4.78, 5) is 43.2. The first kappa shape index (κ1) is 31.6. The van der Waals surface area contributed by atoms with Crippen molar-refractivity contribution in [2.75, 3.05) is 28.4 Å². The number of carbonyl (C=O) groups is 3. The monoisotopic (exact) mass is 596 g/mol.